The molecule has 1 fully saturated rings. The van der Waals surface area contributed by atoms with Crippen molar-refractivity contribution in [1.29, 1.82) is 0 Å². The van der Waals surface area contributed by atoms with Crippen LogP contribution in [0.15, 0.2) is 9.82 Å². The summed E-state index contributed by atoms with van der Waals surface area (Å²) in [7, 11) is 0. The maximum Gasteiger partial charge on any atom is 0.323 e. The minimum atomic E-state index is -0.949. The van der Waals surface area contributed by atoms with Crippen LogP contribution in [0.1, 0.15) is 50.8 Å². The number of thiazole rings is 1. The molecule has 1 saturated carbocycles. The Balaban J connectivity index is 2.09. The largest absolute Gasteiger partial charge is 0.480 e. The molecule has 1 aromatic rings. The van der Waals surface area contributed by atoms with Crippen molar-refractivity contribution in [2.45, 2.75) is 62.3 Å². The van der Waals surface area contributed by atoms with Crippen LogP contribution in [0.3, 0.4) is 0 Å². The van der Waals surface area contributed by atoms with Gasteiger partial charge in [-0.15, -0.1) is 11.8 Å². The molecule has 0 bridgehead atoms. The van der Waals surface area contributed by atoms with Crippen LogP contribution in [-0.4, -0.2) is 20.4 Å². The maximum absolute atomic E-state index is 12.2. The quantitative estimate of drug-likeness (QED) is 0.904. The second-order valence-electron chi connectivity index (χ2n) is 6.85. The zero-order chi connectivity index (χ0) is 15.4. The van der Waals surface area contributed by atoms with E-state index in [9.17, 15) is 9.59 Å². The molecule has 0 radical (unpaired) electrons. The highest BCUT2D eigenvalue weighted by atomic mass is 32.2. The fourth-order valence-electron chi connectivity index (χ4n) is 3.85. The highest BCUT2D eigenvalue weighted by Gasteiger charge is 2.47. The lowest BCUT2D eigenvalue weighted by Gasteiger charge is -2.47. The monoisotopic (exact) mass is 327 g/mol. The first-order valence-corrected chi connectivity index (χ1v) is 9.07. The number of carboxylic acid groups (broad SMARTS) is 1. The third-order valence-corrected chi connectivity index (χ3v) is 7.57. The SMILES string of the molecule is C[C@@H]1CC[C@@H]2[C@@H](C1)c1sc(=O)n(CC(=O)O)c1SC2(C)C. The molecule has 1 aliphatic heterocycles. The van der Waals surface area contributed by atoms with E-state index in [2.05, 4.69) is 20.8 Å². The third-order valence-electron chi connectivity index (χ3n) is 4.87. The van der Waals surface area contributed by atoms with Gasteiger partial charge < -0.3 is 5.11 Å². The number of hydrogen-bond acceptors (Lipinski definition) is 4. The Labute approximate surface area is 132 Å². The summed E-state index contributed by atoms with van der Waals surface area (Å²) in [5.41, 5.74) is 0. The predicted molar refractivity (Wildman–Crippen MR) is 85.4 cm³/mol. The molecule has 1 aromatic heterocycles. The Morgan fingerprint density at radius 3 is 2.81 bits per heavy atom. The Kier molecular flexibility index (Phi) is 3.72. The second kappa shape index (κ2) is 5.16. The molecule has 6 heteroatoms. The van der Waals surface area contributed by atoms with Crippen molar-refractivity contribution in [2.75, 3.05) is 0 Å². The number of carbonyl (C=O) groups is 1. The van der Waals surface area contributed by atoms with Gasteiger partial charge >= 0.3 is 10.8 Å². The summed E-state index contributed by atoms with van der Waals surface area (Å²) in [6, 6.07) is 0. The number of aromatic nitrogens is 1. The molecule has 3 rings (SSSR count). The Hall–Kier alpha value is -0.750. The van der Waals surface area contributed by atoms with Crippen LogP contribution in [0.2, 0.25) is 0 Å². The van der Waals surface area contributed by atoms with Gasteiger partial charge in [0.05, 0.1) is 5.03 Å². The summed E-state index contributed by atoms with van der Waals surface area (Å²) >= 11 is 2.97. The van der Waals surface area contributed by atoms with Crippen molar-refractivity contribution in [3.8, 4) is 0 Å². The van der Waals surface area contributed by atoms with Crippen LogP contribution < -0.4 is 4.87 Å². The summed E-state index contributed by atoms with van der Waals surface area (Å²) < 4.78 is 1.52. The van der Waals surface area contributed by atoms with Gasteiger partial charge in [-0.3, -0.25) is 14.2 Å². The van der Waals surface area contributed by atoms with Gasteiger partial charge in [-0.05, 0) is 24.7 Å². The summed E-state index contributed by atoms with van der Waals surface area (Å²) in [6.07, 6.45) is 3.58. The lowest BCUT2D eigenvalue weighted by atomic mass is 9.69. The Morgan fingerprint density at radius 2 is 2.14 bits per heavy atom. The number of hydrogen-bond donors (Lipinski definition) is 1. The van der Waals surface area contributed by atoms with E-state index < -0.39 is 5.97 Å². The van der Waals surface area contributed by atoms with Crippen molar-refractivity contribution in [3.63, 3.8) is 0 Å². The standard InChI is InChI=1S/C15H21NO3S2/c1-8-4-5-10-9(6-8)12-13(21-15(10,2)3)16(7-11(17)18)14(19)20-12/h8-10H,4-7H2,1-3H3,(H,17,18)/t8-,9-,10-/m1/s1. The molecular formula is C15H21NO3S2. The second-order valence-corrected chi connectivity index (χ2v) is 9.49. The summed E-state index contributed by atoms with van der Waals surface area (Å²) in [5.74, 6) is 0.744. The normalized spacial score (nSPS) is 30.5. The van der Waals surface area contributed by atoms with E-state index in [1.807, 2.05) is 0 Å². The Bertz CT molecular complexity index is 631. The number of rotatable bonds is 2. The molecular weight excluding hydrogens is 306 g/mol. The maximum atomic E-state index is 12.2. The Morgan fingerprint density at radius 1 is 1.43 bits per heavy atom. The molecule has 0 aromatic carbocycles. The zero-order valence-corrected chi connectivity index (χ0v) is 14.2. The van der Waals surface area contributed by atoms with Crippen molar-refractivity contribution in [2.24, 2.45) is 11.8 Å². The molecule has 1 aliphatic carbocycles. The molecule has 116 valence electrons. The number of fused-ring (bicyclic) bond motifs is 3. The minimum Gasteiger partial charge on any atom is -0.480 e. The molecule has 1 N–H and O–H groups in total. The minimum absolute atomic E-state index is 0.0611. The third kappa shape index (κ3) is 2.57. The van der Waals surface area contributed by atoms with Crippen molar-refractivity contribution >= 4 is 29.1 Å². The number of thioether (sulfide) groups is 1. The first-order valence-electron chi connectivity index (χ1n) is 7.44. The fourth-order valence-corrected chi connectivity index (χ4v) is 6.66. The van der Waals surface area contributed by atoms with Crippen LogP contribution in [0, 0.1) is 11.8 Å². The fraction of sp³-hybridized carbons (Fsp3) is 0.733. The highest BCUT2D eigenvalue weighted by molar-refractivity contribution is 8.00. The molecule has 21 heavy (non-hydrogen) atoms. The van der Waals surface area contributed by atoms with Gasteiger partial charge in [0.2, 0.25) is 0 Å². The lowest BCUT2D eigenvalue weighted by molar-refractivity contribution is -0.137. The number of nitrogens with zero attached hydrogens (tertiary/aromatic N) is 1. The molecule has 0 spiro atoms. The van der Waals surface area contributed by atoms with Crippen molar-refractivity contribution < 1.29 is 9.90 Å². The topological polar surface area (TPSA) is 59.3 Å². The van der Waals surface area contributed by atoms with E-state index >= 15 is 0 Å². The van der Waals surface area contributed by atoms with Gasteiger partial charge in [-0.2, -0.15) is 0 Å². The molecule has 4 nitrogen and oxygen atoms in total. The lowest BCUT2D eigenvalue weighted by Crippen LogP contribution is -2.39. The highest BCUT2D eigenvalue weighted by Crippen LogP contribution is 2.58. The van der Waals surface area contributed by atoms with E-state index in [1.165, 1.54) is 28.7 Å². The van der Waals surface area contributed by atoms with Crippen LogP contribution >= 0.6 is 23.1 Å². The van der Waals surface area contributed by atoms with E-state index in [4.69, 9.17) is 5.11 Å². The van der Waals surface area contributed by atoms with Gasteiger partial charge in [-0.1, -0.05) is 38.5 Å². The molecule has 2 heterocycles. The summed E-state index contributed by atoms with van der Waals surface area (Å²) in [6.45, 7) is 6.53. The predicted octanol–water partition coefficient (Wildman–Crippen LogP) is 3.40. The van der Waals surface area contributed by atoms with E-state index in [0.717, 1.165) is 16.3 Å². The first kappa shape index (κ1) is 15.2. The van der Waals surface area contributed by atoms with Gasteiger partial charge in [0.25, 0.3) is 0 Å². The molecule has 2 aliphatic rings. The van der Waals surface area contributed by atoms with Gasteiger partial charge in [-0.25, -0.2) is 0 Å². The molecule has 3 atom stereocenters. The van der Waals surface area contributed by atoms with E-state index in [1.54, 1.807) is 11.8 Å². The van der Waals surface area contributed by atoms with Gasteiger partial charge in [0.1, 0.15) is 6.54 Å². The number of aliphatic carboxylic acids is 1. The molecule has 0 amide bonds. The van der Waals surface area contributed by atoms with Crippen LogP contribution in [0.5, 0.6) is 0 Å². The van der Waals surface area contributed by atoms with Crippen molar-refractivity contribution in [1.82, 2.24) is 4.57 Å². The van der Waals surface area contributed by atoms with Crippen molar-refractivity contribution in [3.05, 3.63) is 14.5 Å². The van der Waals surface area contributed by atoms with Gasteiger partial charge in [0.15, 0.2) is 0 Å². The van der Waals surface area contributed by atoms with E-state index in [-0.39, 0.29) is 16.2 Å². The molecule has 0 unspecified atom stereocenters. The average Bonchev–Trinajstić information content (AvgIpc) is 2.66. The van der Waals surface area contributed by atoms with Crippen LogP contribution in [0.25, 0.3) is 0 Å². The van der Waals surface area contributed by atoms with E-state index in [0.29, 0.717) is 17.8 Å². The van der Waals surface area contributed by atoms with Crippen LogP contribution in [-0.2, 0) is 11.3 Å². The number of carboxylic acids is 1. The van der Waals surface area contributed by atoms with Gasteiger partial charge in [0, 0.05) is 15.5 Å². The molecule has 0 saturated heterocycles. The first-order chi connectivity index (χ1) is 9.79. The zero-order valence-electron chi connectivity index (χ0n) is 12.6. The summed E-state index contributed by atoms with van der Waals surface area (Å²) in [4.78, 5) is 24.3. The average molecular weight is 327 g/mol. The smallest absolute Gasteiger partial charge is 0.323 e. The summed E-state index contributed by atoms with van der Waals surface area (Å²) in [5, 5.41) is 9.96. The van der Waals surface area contributed by atoms with Crippen LogP contribution in [0.4, 0.5) is 0 Å².